The van der Waals surface area contributed by atoms with Crippen molar-refractivity contribution in [3.05, 3.63) is 70.4 Å². The molecule has 0 radical (unpaired) electrons. The number of carbonyl (C=O) groups is 1. The Balaban J connectivity index is 2.07. The molecule has 0 spiro atoms. The fraction of sp³-hybridized carbons (Fsp3) is 0.304. The molecular weight excluding hydrogens is 422 g/mol. The number of anilines is 1. The topological polar surface area (TPSA) is 87.0 Å². The molecule has 0 fully saturated rings. The van der Waals surface area contributed by atoms with Crippen LogP contribution in [0.25, 0.3) is 0 Å². The van der Waals surface area contributed by atoms with E-state index in [1.807, 2.05) is 6.07 Å². The molecule has 3 rings (SSSR count). The van der Waals surface area contributed by atoms with Crippen LogP contribution in [0.2, 0.25) is 0 Å². The third-order valence-electron chi connectivity index (χ3n) is 5.42. The van der Waals surface area contributed by atoms with Crippen molar-refractivity contribution in [1.29, 1.82) is 5.26 Å². The minimum atomic E-state index is -3.63. The van der Waals surface area contributed by atoms with Crippen LogP contribution < -0.4 is 5.32 Å². The Hall–Kier alpha value is -3.05. The summed E-state index contributed by atoms with van der Waals surface area (Å²) in [4.78, 5) is 12.7. The minimum Gasteiger partial charge on any atom is -0.359 e. The summed E-state index contributed by atoms with van der Waals surface area (Å²) >= 11 is 0. The first kappa shape index (κ1) is 22.6. The van der Waals surface area contributed by atoms with Gasteiger partial charge >= 0.3 is 0 Å². The number of nitrogens with zero attached hydrogens (tertiary/aromatic N) is 1. The first-order valence-electron chi connectivity index (χ1n) is 9.86. The number of hydrogen-bond donors (Lipinski definition) is 1. The predicted octanol–water partition coefficient (Wildman–Crippen LogP) is 5.12. The smallest absolute Gasteiger partial charge is 0.263 e. The van der Waals surface area contributed by atoms with E-state index in [0.29, 0.717) is 28.9 Å². The van der Waals surface area contributed by atoms with E-state index >= 15 is 0 Å². The molecule has 31 heavy (non-hydrogen) atoms. The van der Waals surface area contributed by atoms with Crippen LogP contribution in [-0.2, 0) is 14.6 Å². The Morgan fingerprint density at radius 2 is 1.90 bits per heavy atom. The van der Waals surface area contributed by atoms with Gasteiger partial charge in [-0.2, -0.15) is 5.26 Å². The molecule has 1 N–H and O–H groups in total. The van der Waals surface area contributed by atoms with Crippen LogP contribution >= 0.6 is 0 Å². The highest BCUT2D eigenvalue weighted by atomic mass is 32.2. The van der Waals surface area contributed by atoms with Crippen LogP contribution in [0.1, 0.15) is 55.7 Å². The van der Waals surface area contributed by atoms with Gasteiger partial charge in [-0.25, -0.2) is 17.2 Å². The molecule has 0 saturated heterocycles. The number of nitrogens with one attached hydrogen (secondary N) is 1. The van der Waals surface area contributed by atoms with Gasteiger partial charge in [0.15, 0.2) is 15.6 Å². The standard InChI is InChI=1S/C23H22F2N2O3S/c1-3-31(29,30)21-11-15(13-26)7-8-18(21)14(2)22-19(9-10-20(22)28)27-17-6-4-5-16(12-17)23(24)25/h4-8,11-12,14,23,27H,3,9-10H2,1-2H3. The Bertz CT molecular complexity index is 1200. The average Bonchev–Trinajstić information content (AvgIpc) is 3.12. The van der Waals surface area contributed by atoms with Crippen LogP contribution in [0.5, 0.6) is 0 Å². The van der Waals surface area contributed by atoms with Crippen molar-refractivity contribution in [2.24, 2.45) is 0 Å². The largest absolute Gasteiger partial charge is 0.359 e. The van der Waals surface area contributed by atoms with Gasteiger partial charge in [0.05, 0.1) is 22.3 Å². The maximum Gasteiger partial charge on any atom is 0.263 e. The molecule has 2 aromatic carbocycles. The fourth-order valence-corrected chi connectivity index (χ4v) is 5.00. The molecule has 0 amide bonds. The molecule has 1 atom stereocenters. The number of halogens is 2. The lowest BCUT2D eigenvalue weighted by Crippen LogP contribution is -2.14. The van der Waals surface area contributed by atoms with Crippen molar-refractivity contribution in [3.63, 3.8) is 0 Å². The maximum atomic E-state index is 13.0. The van der Waals surface area contributed by atoms with Crippen molar-refractivity contribution >= 4 is 21.3 Å². The van der Waals surface area contributed by atoms with E-state index in [4.69, 9.17) is 0 Å². The third-order valence-corrected chi connectivity index (χ3v) is 7.20. The highest BCUT2D eigenvalue weighted by Crippen LogP contribution is 2.38. The van der Waals surface area contributed by atoms with Crippen LogP contribution in [-0.4, -0.2) is 20.0 Å². The number of sulfone groups is 1. The van der Waals surface area contributed by atoms with Gasteiger partial charge in [0.25, 0.3) is 6.43 Å². The van der Waals surface area contributed by atoms with Crippen molar-refractivity contribution in [2.75, 3.05) is 11.1 Å². The third kappa shape index (κ3) is 4.67. The first-order chi connectivity index (χ1) is 14.7. The first-order valence-corrected chi connectivity index (χ1v) is 11.5. The lowest BCUT2D eigenvalue weighted by atomic mass is 9.90. The Labute approximate surface area is 180 Å². The molecule has 0 saturated carbocycles. The second-order valence-electron chi connectivity index (χ2n) is 7.36. The van der Waals surface area contributed by atoms with Crippen LogP contribution in [0.15, 0.2) is 58.6 Å². The normalized spacial score (nSPS) is 15.3. The van der Waals surface area contributed by atoms with E-state index < -0.39 is 22.2 Å². The number of alkyl halides is 2. The molecule has 162 valence electrons. The number of ketones is 1. The van der Waals surface area contributed by atoms with Crippen molar-refractivity contribution < 1.29 is 22.0 Å². The molecule has 1 aliphatic carbocycles. The van der Waals surface area contributed by atoms with E-state index in [2.05, 4.69) is 5.32 Å². The Morgan fingerprint density at radius 3 is 2.55 bits per heavy atom. The highest BCUT2D eigenvalue weighted by molar-refractivity contribution is 7.91. The van der Waals surface area contributed by atoms with Crippen LogP contribution in [0.4, 0.5) is 14.5 Å². The molecule has 0 aliphatic heterocycles. The van der Waals surface area contributed by atoms with Gasteiger partial charge in [-0.1, -0.05) is 32.0 Å². The summed E-state index contributed by atoms with van der Waals surface area (Å²) < 4.78 is 51.4. The monoisotopic (exact) mass is 444 g/mol. The van der Waals surface area contributed by atoms with E-state index in [9.17, 15) is 27.3 Å². The van der Waals surface area contributed by atoms with Crippen LogP contribution in [0, 0.1) is 11.3 Å². The number of rotatable bonds is 7. The molecule has 2 aromatic rings. The molecule has 0 bridgehead atoms. The zero-order chi connectivity index (χ0) is 22.8. The lowest BCUT2D eigenvalue weighted by molar-refractivity contribution is -0.115. The van der Waals surface area contributed by atoms with Gasteiger partial charge in [-0.05, 0) is 36.2 Å². The van der Waals surface area contributed by atoms with Gasteiger partial charge in [0.1, 0.15) is 0 Å². The molecular formula is C23H22F2N2O3S. The SMILES string of the molecule is CCS(=O)(=O)c1cc(C#N)ccc1C(C)C1=C(Nc2cccc(C(F)F)c2)CCC1=O. The number of Topliss-reactive ketones (excluding diaryl/α,β-unsaturated/α-hetero) is 1. The maximum absolute atomic E-state index is 13.0. The van der Waals surface area contributed by atoms with Crippen molar-refractivity contribution in [3.8, 4) is 6.07 Å². The van der Waals surface area contributed by atoms with Gasteiger partial charge in [-0.15, -0.1) is 0 Å². The van der Waals surface area contributed by atoms with Gasteiger partial charge in [0, 0.05) is 34.9 Å². The Kier molecular flexibility index (Phi) is 6.56. The van der Waals surface area contributed by atoms with E-state index in [1.54, 1.807) is 19.1 Å². The number of benzene rings is 2. The number of allylic oxidation sites excluding steroid dienone is 2. The van der Waals surface area contributed by atoms with E-state index in [0.717, 1.165) is 0 Å². The van der Waals surface area contributed by atoms with E-state index in [-0.39, 0.29) is 34.0 Å². The fourth-order valence-electron chi connectivity index (χ4n) is 3.78. The molecule has 1 aliphatic rings. The zero-order valence-electron chi connectivity index (χ0n) is 17.2. The molecule has 5 nitrogen and oxygen atoms in total. The summed E-state index contributed by atoms with van der Waals surface area (Å²) in [6, 6.07) is 12.2. The molecule has 0 aromatic heterocycles. The summed E-state index contributed by atoms with van der Waals surface area (Å²) in [5.41, 5.74) is 1.98. The highest BCUT2D eigenvalue weighted by Gasteiger charge is 2.31. The summed E-state index contributed by atoms with van der Waals surface area (Å²) in [6.45, 7) is 3.26. The lowest BCUT2D eigenvalue weighted by Gasteiger charge is -2.20. The summed E-state index contributed by atoms with van der Waals surface area (Å²) in [6.07, 6.45) is -1.95. The molecule has 0 heterocycles. The second-order valence-corrected chi connectivity index (χ2v) is 9.60. The zero-order valence-corrected chi connectivity index (χ0v) is 18.0. The molecule has 8 heteroatoms. The number of hydrogen-bond acceptors (Lipinski definition) is 5. The second kappa shape index (κ2) is 8.98. The summed E-state index contributed by atoms with van der Waals surface area (Å²) in [5, 5.41) is 12.3. The van der Waals surface area contributed by atoms with Gasteiger partial charge in [0.2, 0.25) is 0 Å². The minimum absolute atomic E-state index is 0.0350. The van der Waals surface area contributed by atoms with Crippen molar-refractivity contribution in [1.82, 2.24) is 0 Å². The summed E-state index contributed by atoms with van der Waals surface area (Å²) in [5.74, 6) is -0.816. The average molecular weight is 445 g/mol. The number of carbonyl (C=O) groups excluding carboxylic acids is 1. The van der Waals surface area contributed by atoms with E-state index in [1.165, 1.54) is 37.3 Å². The van der Waals surface area contributed by atoms with Gasteiger partial charge in [-0.3, -0.25) is 4.79 Å². The van der Waals surface area contributed by atoms with Crippen molar-refractivity contribution in [2.45, 2.75) is 43.9 Å². The Morgan fingerprint density at radius 1 is 1.16 bits per heavy atom. The quantitative estimate of drug-likeness (QED) is 0.640. The summed E-state index contributed by atoms with van der Waals surface area (Å²) in [7, 11) is -3.63. The predicted molar refractivity (Wildman–Crippen MR) is 114 cm³/mol. The number of nitriles is 1. The van der Waals surface area contributed by atoms with Crippen LogP contribution in [0.3, 0.4) is 0 Å². The van der Waals surface area contributed by atoms with Gasteiger partial charge < -0.3 is 5.32 Å². The molecule has 1 unspecified atom stereocenters.